The number of aromatic nitrogens is 3. The van der Waals surface area contributed by atoms with Gasteiger partial charge in [0.2, 0.25) is 17.8 Å². The van der Waals surface area contributed by atoms with Gasteiger partial charge < -0.3 is 55.3 Å². The fraction of sp³-hybridized carbons (Fsp3) is 0.667. The largest absolute Gasteiger partial charge is 0.444 e. The maximum absolute atomic E-state index is 13.0. The van der Waals surface area contributed by atoms with E-state index in [-0.39, 0.29) is 44.0 Å². The van der Waals surface area contributed by atoms with Crippen molar-refractivity contribution in [3.8, 4) is 0 Å². The first kappa shape index (κ1) is 44.4. The van der Waals surface area contributed by atoms with E-state index in [2.05, 4.69) is 26.6 Å². The van der Waals surface area contributed by atoms with Gasteiger partial charge in [-0.1, -0.05) is 18.2 Å². The maximum atomic E-state index is 13.0. The van der Waals surface area contributed by atoms with Gasteiger partial charge in [0.05, 0.1) is 24.2 Å². The lowest BCUT2D eigenvalue weighted by Gasteiger charge is -2.40. The van der Waals surface area contributed by atoms with Gasteiger partial charge in [-0.15, -0.1) is 0 Å². The van der Waals surface area contributed by atoms with Crippen LogP contribution in [0.2, 0.25) is 0 Å². The van der Waals surface area contributed by atoms with Crippen LogP contribution in [0.15, 0.2) is 30.3 Å². The number of amides is 4. The second-order valence-electron chi connectivity index (χ2n) is 18.4. The minimum Gasteiger partial charge on any atom is -0.444 e. The maximum Gasteiger partial charge on any atom is 0.407 e. The lowest BCUT2D eigenvalue weighted by atomic mass is 10.0. The molecule has 1 aromatic heterocycles. The summed E-state index contributed by atoms with van der Waals surface area (Å²) in [5, 5.41) is 15.0. The van der Waals surface area contributed by atoms with Crippen molar-refractivity contribution in [2.75, 3.05) is 41.3 Å². The third kappa shape index (κ3) is 16.0. The van der Waals surface area contributed by atoms with Crippen LogP contribution in [0.1, 0.15) is 95.9 Å². The molecule has 2 aliphatic rings. The lowest BCUT2D eigenvalue weighted by molar-refractivity contribution is 0.0452. The van der Waals surface area contributed by atoms with Crippen molar-refractivity contribution in [2.24, 2.45) is 0 Å². The van der Waals surface area contributed by atoms with Crippen molar-refractivity contribution in [2.45, 2.75) is 142 Å². The fourth-order valence-corrected chi connectivity index (χ4v) is 6.18. The molecule has 18 nitrogen and oxygen atoms in total. The van der Waals surface area contributed by atoms with Crippen LogP contribution in [0.5, 0.6) is 0 Å². The molecule has 3 heterocycles. The van der Waals surface area contributed by atoms with E-state index in [0.29, 0.717) is 12.8 Å². The first-order chi connectivity index (χ1) is 26.3. The van der Waals surface area contributed by atoms with E-state index in [4.69, 9.17) is 33.9 Å². The van der Waals surface area contributed by atoms with Crippen LogP contribution in [-0.2, 0) is 18.9 Å². The smallest absolute Gasteiger partial charge is 0.407 e. The topological polar surface area (TPSA) is 210 Å². The van der Waals surface area contributed by atoms with Crippen molar-refractivity contribution < 1.29 is 38.1 Å². The van der Waals surface area contributed by atoms with Crippen LogP contribution in [0.25, 0.3) is 0 Å². The summed E-state index contributed by atoms with van der Waals surface area (Å²) in [6, 6.07) is 7.43. The second-order valence-corrected chi connectivity index (χ2v) is 18.4. The third-order valence-electron chi connectivity index (χ3n) is 7.99. The van der Waals surface area contributed by atoms with Crippen molar-refractivity contribution in [3.63, 3.8) is 0 Å². The summed E-state index contributed by atoms with van der Waals surface area (Å²) in [5.74, 6) is 0.729. The Labute approximate surface area is 335 Å². The molecule has 5 N–H and O–H groups in total. The number of anilines is 4. The summed E-state index contributed by atoms with van der Waals surface area (Å²) >= 11 is 0. The molecule has 2 fully saturated rings. The molecule has 2 aromatic rings. The van der Waals surface area contributed by atoms with E-state index in [9.17, 15) is 19.2 Å². The van der Waals surface area contributed by atoms with Gasteiger partial charge in [-0.2, -0.15) is 15.0 Å². The van der Waals surface area contributed by atoms with Gasteiger partial charge in [0, 0.05) is 31.9 Å². The molecule has 0 aliphatic carbocycles. The monoisotopic (exact) mass is 798 g/mol. The second kappa shape index (κ2) is 17.9. The van der Waals surface area contributed by atoms with Crippen molar-refractivity contribution >= 4 is 47.9 Å². The molecular formula is C39H62N10O8. The van der Waals surface area contributed by atoms with Crippen LogP contribution in [-0.4, -0.2) is 112 Å². The average Bonchev–Trinajstić information content (AvgIpc) is 3.01. The molecule has 0 bridgehead atoms. The number of ether oxygens (including phenoxy) is 4. The molecule has 2 saturated heterocycles. The van der Waals surface area contributed by atoms with Gasteiger partial charge in [0.15, 0.2) is 0 Å². The third-order valence-corrected chi connectivity index (χ3v) is 7.99. The SMILES string of the molecule is CC(C)(C)OC(=O)NC1CC(NC(=O)OC(C)(C)C)CN(c2nc(Nc3ccccc3)nc(N3CC(NC(=O)OC(C)(C)C)CC(NC(=O)OC(C)(C)C)C3)n2)C1. The summed E-state index contributed by atoms with van der Waals surface area (Å²) in [7, 11) is 0. The number of carbonyl (C=O) groups excluding carboxylic acids is 4. The standard InChI is InChI=1S/C39H62N10O8/c1-36(2,3)54-32(50)41-25-18-26(42-33(51)55-37(4,5)6)21-48(20-25)30-45-29(40-24-16-14-13-15-17-24)46-31(47-30)49-22-27(43-34(52)56-38(7,8)9)19-28(23-49)44-35(53)57-39(10,11)12/h13-17,25-28H,18-23H2,1-12H3,(H,41,50)(H,42,51)(H,43,52)(H,44,53)(H,40,45,46,47). The molecule has 4 amide bonds. The van der Waals surface area contributed by atoms with Crippen molar-refractivity contribution in [3.05, 3.63) is 30.3 Å². The van der Waals surface area contributed by atoms with Crippen molar-refractivity contribution in [1.29, 1.82) is 0 Å². The number of hydrogen-bond acceptors (Lipinski definition) is 14. The van der Waals surface area contributed by atoms with Gasteiger partial charge in [-0.25, -0.2) is 19.2 Å². The zero-order chi connectivity index (χ0) is 42.3. The Morgan fingerprint density at radius 1 is 0.509 bits per heavy atom. The molecule has 0 spiro atoms. The number of piperidine rings is 2. The Hall–Kier alpha value is -5.29. The molecule has 316 valence electrons. The number of nitrogens with one attached hydrogen (secondary N) is 5. The van der Waals surface area contributed by atoms with E-state index in [0.717, 1.165) is 5.69 Å². The highest BCUT2D eigenvalue weighted by atomic mass is 16.6. The summed E-state index contributed by atoms with van der Waals surface area (Å²) in [6.07, 6.45) is -1.65. The van der Waals surface area contributed by atoms with Gasteiger partial charge in [0.1, 0.15) is 22.4 Å². The molecular weight excluding hydrogens is 736 g/mol. The summed E-state index contributed by atoms with van der Waals surface area (Å²) in [5.41, 5.74) is -2.19. The van der Waals surface area contributed by atoms with Crippen LogP contribution in [0.4, 0.5) is 42.7 Å². The Bertz CT molecular complexity index is 1530. The summed E-state index contributed by atoms with van der Waals surface area (Å²) < 4.78 is 22.2. The minimum atomic E-state index is -0.728. The molecule has 2 aliphatic heterocycles. The first-order valence-electron chi connectivity index (χ1n) is 19.3. The lowest BCUT2D eigenvalue weighted by Crippen LogP contribution is -2.59. The van der Waals surface area contributed by atoms with Gasteiger partial charge in [-0.3, -0.25) is 0 Å². The minimum absolute atomic E-state index is 0.221. The predicted octanol–water partition coefficient (Wildman–Crippen LogP) is 5.61. The van der Waals surface area contributed by atoms with Crippen LogP contribution < -0.4 is 36.4 Å². The number of benzene rings is 1. The van der Waals surface area contributed by atoms with Crippen molar-refractivity contribution in [1.82, 2.24) is 36.2 Å². The average molecular weight is 799 g/mol. The molecule has 4 atom stereocenters. The van der Waals surface area contributed by atoms with E-state index in [1.807, 2.05) is 40.1 Å². The highest BCUT2D eigenvalue weighted by Gasteiger charge is 2.36. The van der Waals surface area contributed by atoms with Gasteiger partial charge in [0.25, 0.3) is 0 Å². The molecule has 57 heavy (non-hydrogen) atoms. The fourth-order valence-electron chi connectivity index (χ4n) is 6.18. The summed E-state index contributed by atoms with van der Waals surface area (Å²) in [4.78, 5) is 70.1. The van der Waals surface area contributed by atoms with Crippen LogP contribution >= 0.6 is 0 Å². The van der Waals surface area contributed by atoms with E-state index < -0.39 is 70.9 Å². The van der Waals surface area contributed by atoms with E-state index in [1.165, 1.54) is 0 Å². The first-order valence-corrected chi connectivity index (χ1v) is 19.3. The molecule has 4 rings (SSSR count). The Morgan fingerprint density at radius 2 is 0.807 bits per heavy atom. The Kier molecular flexibility index (Phi) is 13.9. The molecule has 1 aromatic carbocycles. The molecule has 0 radical (unpaired) electrons. The molecule has 18 heteroatoms. The zero-order valence-corrected chi connectivity index (χ0v) is 35.4. The van der Waals surface area contributed by atoms with Crippen LogP contribution in [0, 0.1) is 0 Å². The number of para-hydroxylation sites is 1. The summed E-state index contributed by atoms with van der Waals surface area (Å²) in [6.45, 7) is 22.4. The predicted molar refractivity (Wildman–Crippen MR) is 216 cm³/mol. The van der Waals surface area contributed by atoms with Gasteiger partial charge >= 0.3 is 24.4 Å². The molecule has 0 saturated carbocycles. The van der Waals surface area contributed by atoms with Gasteiger partial charge in [-0.05, 0) is 108 Å². The molecule has 4 unspecified atom stereocenters. The van der Waals surface area contributed by atoms with Crippen LogP contribution in [0.3, 0.4) is 0 Å². The Balaban J connectivity index is 1.72. The number of carbonyl (C=O) groups is 4. The Morgan fingerprint density at radius 3 is 1.09 bits per heavy atom. The number of alkyl carbamates (subject to hydrolysis) is 4. The quantitative estimate of drug-likeness (QED) is 0.206. The zero-order valence-electron chi connectivity index (χ0n) is 35.4. The highest BCUT2D eigenvalue weighted by molar-refractivity contribution is 5.70. The van der Waals surface area contributed by atoms with E-state index in [1.54, 1.807) is 83.1 Å². The normalized spacial score (nSPS) is 20.4. The highest BCUT2D eigenvalue weighted by Crippen LogP contribution is 2.26. The number of nitrogens with zero attached hydrogens (tertiary/aromatic N) is 5. The number of hydrogen-bond donors (Lipinski definition) is 5. The number of rotatable bonds is 8. The van der Waals surface area contributed by atoms with E-state index >= 15 is 0 Å².